The standard InChI is InChI=1S/C21H24N2O2/c24-20(23-13-11-21(16-23)10-12-22-15-21)18-8-4-5-9-19(18)25-14-17-6-2-1-3-7-17/h1-9,22H,10-16H2. The second-order valence-electron chi connectivity index (χ2n) is 7.17. The second-order valence-corrected chi connectivity index (χ2v) is 7.17. The number of carbonyl (C=O) groups is 1. The lowest BCUT2D eigenvalue weighted by atomic mass is 9.86. The van der Waals surface area contributed by atoms with Crippen molar-refractivity contribution in [3.05, 3.63) is 65.7 Å². The number of likely N-dealkylation sites (tertiary alicyclic amines) is 1. The summed E-state index contributed by atoms with van der Waals surface area (Å²) in [4.78, 5) is 15.0. The second kappa shape index (κ2) is 6.89. The van der Waals surface area contributed by atoms with E-state index in [1.165, 1.54) is 6.42 Å². The molecular formula is C21H24N2O2. The summed E-state index contributed by atoms with van der Waals surface area (Å²) in [5.74, 6) is 0.759. The van der Waals surface area contributed by atoms with Crippen LogP contribution in [0.25, 0.3) is 0 Å². The number of hydrogen-bond acceptors (Lipinski definition) is 3. The lowest BCUT2D eigenvalue weighted by Gasteiger charge is -2.23. The predicted octanol–water partition coefficient (Wildman–Crippen LogP) is 3.09. The number of nitrogens with zero attached hydrogens (tertiary/aromatic N) is 1. The maximum Gasteiger partial charge on any atom is 0.257 e. The molecule has 25 heavy (non-hydrogen) atoms. The van der Waals surface area contributed by atoms with Crippen molar-refractivity contribution in [1.29, 1.82) is 0 Å². The van der Waals surface area contributed by atoms with Crippen molar-refractivity contribution in [3.8, 4) is 5.75 Å². The predicted molar refractivity (Wildman–Crippen MR) is 97.7 cm³/mol. The van der Waals surface area contributed by atoms with Crippen molar-refractivity contribution < 1.29 is 9.53 Å². The van der Waals surface area contributed by atoms with Gasteiger partial charge in [0.2, 0.25) is 0 Å². The Bertz CT molecular complexity index is 739. The molecule has 2 aliphatic heterocycles. The van der Waals surface area contributed by atoms with Crippen LogP contribution in [0, 0.1) is 5.41 Å². The number of benzene rings is 2. The fourth-order valence-electron chi connectivity index (χ4n) is 3.93. The highest BCUT2D eigenvalue weighted by Crippen LogP contribution is 2.37. The van der Waals surface area contributed by atoms with Gasteiger partial charge < -0.3 is 15.0 Å². The highest BCUT2D eigenvalue weighted by molar-refractivity contribution is 5.97. The molecule has 2 saturated heterocycles. The Morgan fingerprint density at radius 3 is 2.68 bits per heavy atom. The quantitative estimate of drug-likeness (QED) is 0.933. The molecule has 0 saturated carbocycles. The smallest absolute Gasteiger partial charge is 0.257 e. The van der Waals surface area contributed by atoms with E-state index in [0.717, 1.165) is 38.2 Å². The van der Waals surface area contributed by atoms with Crippen LogP contribution in [-0.4, -0.2) is 37.0 Å². The summed E-state index contributed by atoms with van der Waals surface area (Å²) in [6.45, 7) is 4.26. The number of hydrogen-bond donors (Lipinski definition) is 1. The summed E-state index contributed by atoms with van der Waals surface area (Å²) in [5, 5.41) is 3.44. The first-order valence-corrected chi connectivity index (χ1v) is 9.02. The molecule has 2 aromatic rings. The molecule has 0 aromatic heterocycles. The van der Waals surface area contributed by atoms with E-state index >= 15 is 0 Å². The third-order valence-corrected chi connectivity index (χ3v) is 5.41. The van der Waals surface area contributed by atoms with Crippen molar-refractivity contribution in [2.75, 3.05) is 26.2 Å². The van der Waals surface area contributed by atoms with Gasteiger partial charge in [0.15, 0.2) is 0 Å². The van der Waals surface area contributed by atoms with Crippen molar-refractivity contribution in [2.45, 2.75) is 19.4 Å². The van der Waals surface area contributed by atoms with Gasteiger partial charge in [-0.2, -0.15) is 0 Å². The molecule has 1 amide bonds. The number of nitrogens with one attached hydrogen (secondary N) is 1. The zero-order chi connectivity index (χ0) is 17.1. The molecule has 0 aliphatic carbocycles. The Balaban J connectivity index is 1.47. The summed E-state index contributed by atoms with van der Waals surface area (Å²) < 4.78 is 5.96. The highest BCUT2D eigenvalue weighted by atomic mass is 16.5. The third-order valence-electron chi connectivity index (χ3n) is 5.41. The Morgan fingerprint density at radius 1 is 1.08 bits per heavy atom. The Labute approximate surface area is 148 Å². The molecule has 1 N–H and O–H groups in total. The minimum Gasteiger partial charge on any atom is -0.488 e. The van der Waals surface area contributed by atoms with Crippen molar-refractivity contribution >= 4 is 5.91 Å². The molecule has 2 aliphatic rings. The zero-order valence-corrected chi connectivity index (χ0v) is 14.4. The first-order chi connectivity index (χ1) is 12.3. The molecule has 4 rings (SSSR count). The monoisotopic (exact) mass is 336 g/mol. The maximum atomic E-state index is 13.0. The molecule has 4 nitrogen and oxygen atoms in total. The molecule has 1 unspecified atom stereocenters. The largest absolute Gasteiger partial charge is 0.488 e. The van der Waals surface area contributed by atoms with Gasteiger partial charge in [-0.1, -0.05) is 42.5 Å². The van der Waals surface area contributed by atoms with Crippen LogP contribution in [0.15, 0.2) is 54.6 Å². The molecule has 1 spiro atoms. The SMILES string of the molecule is O=C(c1ccccc1OCc1ccccc1)N1CCC2(CCNC2)C1. The van der Waals surface area contributed by atoms with E-state index in [-0.39, 0.29) is 11.3 Å². The summed E-state index contributed by atoms with van der Waals surface area (Å²) in [5.41, 5.74) is 2.05. The van der Waals surface area contributed by atoms with Gasteiger partial charge in [0, 0.05) is 25.0 Å². The molecule has 2 heterocycles. The van der Waals surface area contributed by atoms with E-state index in [9.17, 15) is 4.79 Å². The van der Waals surface area contributed by atoms with Crippen LogP contribution in [-0.2, 0) is 6.61 Å². The van der Waals surface area contributed by atoms with E-state index < -0.39 is 0 Å². The van der Waals surface area contributed by atoms with Gasteiger partial charge in [-0.25, -0.2) is 0 Å². The summed E-state index contributed by atoms with van der Waals surface area (Å²) in [7, 11) is 0. The van der Waals surface area contributed by atoms with Crippen LogP contribution in [0.4, 0.5) is 0 Å². The molecule has 1 atom stereocenters. The first-order valence-electron chi connectivity index (χ1n) is 9.02. The van der Waals surface area contributed by atoms with Gasteiger partial charge in [0.05, 0.1) is 5.56 Å². The Kier molecular flexibility index (Phi) is 4.45. The number of carbonyl (C=O) groups excluding carboxylic acids is 1. The topological polar surface area (TPSA) is 41.6 Å². The third kappa shape index (κ3) is 3.40. The van der Waals surface area contributed by atoms with Gasteiger partial charge in [0.1, 0.15) is 12.4 Å². The van der Waals surface area contributed by atoms with Crippen molar-refractivity contribution in [3.63, 3.8) is 0 Å². The molecular weight excluding hydrogens is 312 g/mol. The average molecular weight is 336 g/mol. The van der Waals surface area contributed by atoms with E-state index in [1.54, 1.807) is 0 Å². The van der Waals surface area contributed by atoms with Gasteiger partial charge in [-0.15, -0.1) is 0 Å². The first kappa shape index (κ1) is 16.2. The average Bonchev–Trinajstić information content (AvgIpc) is 3.31. The minimum atomic E-state index is 0.0902. The van der Waals surface area contributed by atoms with Gasteiger partial charge >= 0.3 is 0 Å². The van der Waals surface area contributed by atoms with Crippen LogP contribution in [0.3, 0.4) is 0 Å². The summed E-state index contributed by atoms with van der Waals surface area (Å²) in [6.07, 6.45) is 2.27. The van der Waals surface area contributed by atoms with Crippen LogP contribution < -0.4 is 10.1 Å². The van der Waals surface area contributed by atoms with Crippen LogP contribution in [0.1, 0.15) is 28.8 Å². The highest BCUT2D eigenvalue weighted by Gasteiger charge is 2.42. The van der Waals surface area contributed by atoms with E-state index in [2.05, 4.69) is 5.32 Å². The van der Waals surface area contributed by atoms with Gasteiger partial charge in [-0.05, 0) is 37.1 Å². The van der Waals surface area contributed by atoms with Gasteiger partial charge in [-0.3, -0.25) is 4.79 Å². The molecule has 2 fully saturated rings. The van der Waals surface area contributed by atoms with Crippen molar-refractivity contribution in [1.82, 2.24) is 10.2 Å². The maximum absolute atomic E-state index is 13.0. The fourth-order valence-corrected chi connectivity index (χ4v) is 3.93. The number of rotatable bonds is 4. The normalized spacial score (nSPS) is 22.5. The molecule has 0 radical (unpaired) electrons. The Hall–Kier alpha value is -2.33. The molecule has 0 bridgehead atoms. The number of ether oxygens (including phenoxy) is 1. The molecule has 4 heteroatoms. The summed E-state index contributed by atoms with van der Waals surface area (Å²) in [6, 6.07) is 17.6. The number of amides is 1. The van der Waals surface area contributed by atoms with E-state index in [4.69, 9.17) is 4.74 Å². The lowest BCUT2D eigenvalue weighted by molar-refractivity contribution is 0.0771. The van der Waals surface area contributed by atoms with E-state index in [1.807, 2.05) is 59.5 Å². The van der Waals surface area contributed by atoms with E-state index in [0.29, 0.717) is 17.9 Å². The van der Waals surface area contributed by atoms with Crippen molar-refractivity contribution in [2.24, 2.45) is 5.41 Å². The zero-order valence-electron chi connectivity index (χ0n) is 14.4. The Morgan fingerprint density at radius 2 is 1.88 bits per heavy atom. The lowest BCUT2D eigenvalue weighted by Crippen LogP contribution is -2.33. The van der Waals surface area contributed by atoms with Crippen LogP contribution >= 0.6 is 0 Å². The van der Waals surface area contributed by atoms with Gasteiger partial charge in [0.25, 0.3) is 5.91 Å². The fraction of sp³-hybridized carbons (Fsp3) is 0.381. The molecule has 130 valence electrons. The number of para-hydroxylation sites is 1. The minimum absolute atomic E-state index is 0.0902. The summed E-state index contributed by atoms with van der Waals surface area (Å²) >= 11 is 0. The molecule has 2 aromatic carbocycles. The van der Waals surface area contributed by atoms with Crippen LogP contribution in [0.2, 0.25) is 0 Å². The van der Waals surface area contributed by atoms with Crippen LogP contribution in [0.5, 0.6) is 5.75 Å².